The second kappa shape index (κ2) is 8.67. The van der Waals surface area contributed by atoms with Gasteiger partial charge >= 0.3 is 12.1 Å². The number of hydrogen-bond acceptors (Lipinski definition) is 4. The maximum atomic E-state index is 13.0. The van der Waals surface area contributed by atoms with Crippen molar-refractivity contribution in [3.05, 3.63) is 84.9 Å². The summed E-state index contributed by atoms with van der Waals surface area (Å²) in [4.78, 5) is 26.0. The molecule has 0 radical (unpaired) electrons. The smallest absolute Gasteiger partial charge is 0.305 e. The first kappa shape index (κ1) is 21.1. The summed E-state index contributed by atoms with van der Waals surface area (Å²) in [6.07, 6.45) is 0. The average molecular weight is 451 g/mol. The highest BCUT2D eigenvalue weighted by Crippen LogP contribution is 2.25. The number of hydrazone groups is 2. The molecule has 168 valence electrons. The summed E-state index contributed by atoms with van der Waals surface area (Å²) in [7, 11) is 0. The Morgan fingerprint density at radius 1 is 0.588 bits per heavy atom. The number of nitrogens with one attached hydrogen (secondary N) is 2. The summed E-state index contributed by atoms with van der Waals surface area (Å²) in [6, 6.07) is 26.0. The molecule has 0 spiro atoms. The first-order valence-corrected chi connectivity index (χ1v) is 10.8. The standard InChI is InChI=1S/C26H22N6O2/c1-17-29-32(26(34)28-24-16-8-12-20-10-4-6-14-22(20)24)18(2)30-31(17)25(33)27-23-15-7-11-19-9-3-5-13-21(19)23/h3-16H,1-2H3,(H,27,33)(H,28,34). The van der Waals surface area contributed by atoms with Crippen LogP contribution in [-0.4, -0.2) is 33.8 Å². The molecular formula is C26H22N6O2. The lowest BCUT2D eigenvalue weighted by molar-refractivity contribution is 0.223. The fourth-order valence-corrected chi connectivity index (χ4v) is 3.91. The summed E-state index contributed by atoms with van der Waals surface area (Å²) in [5.41, 5.74) is 1.33. The van der Waals surface area contributed by atoms with Crippen LogP contribution in [0.2, 0.25) is 0 Å². The average Bonchev–Trinajstić information content (AvgIpc) is 2.85. The molecule has 1 aliphatic rings. The number of carbonyl (C=O) groups is 2. The highest BCUT2D eigenvalue weighted by molar-refractivity contribution is 6.12. The Kier molecular flexibility index (Phi) is 5.39. The third kappa shape index (κ3) is 3.93. The number of rotatable bonds is 2. The van der Waals surface area contributed by atoms with Crippen molar-refractivity contribution in [3.63, 3.8) is 0 Å². The second-order valence-electron chi connectivity index (χ2n) is 7.83. The topological polar surface area (TPSA) is 89.4 Å². The van der Waals surface area contributed by atoms with Crippen LogP contribution in [0.15, 0.2) is 95.1 Å². The summed E-state index contributed by atoms with van der Waals surface area (Å²) in [5, 5.41) is 20.6. The van der Waals surface area contributed by atoms with Gasteiger partial charge in [0.25, 0.3) is 0 Å². The van der Waals surface area contributed by atoms with Crippen LogP contribution in [0.5, 0.6) is 0 Å². The van der Waals surface area contributed by atoms with E-state index in [4.69, 9.17) is 0 Å². The Bertz CT molecular complexity index is 1370. The third-order valence-corrected chi connectivity index (χ3v) is 5.55. The predicted molar refractivity (Wildman–Crippen MR) is 136 cm³/mol. The molecule has 5 rings (SSSR count). The van der Waals surface area contributed by atoms with E-state index in [0.717, 1.165) is 31.6 Å². The number of amidine groups is 2. The molecule has 8 nitrogen and oxygen atoms in total. The van der Waals surface area contributed by atoms with Crippen molar-refractivity contribution in [2.24, 2.45) is 10.2 Å². The van der Waals surface area contributed by atoms with Gasteiger partial charge < -0.3 is 10.6 Å². The molecule has 0 aromatic heterocycles. The Balaban J connectivity index is 1.35. The van der Waals surface area contributed by atoms with Crippen LogP contribution in [0.1, 0.15) is 13.8 Å². The van der Waals surface area contributed by atoms with Gasteiger partial charge in [0.05, 0.1) is 11.4 Å². The molecule has 2 N–H and O–H groups in total. The van der Waals surface area contributed by atoms with Crippen molar-refractivity contribution < 1.29 is 9.59 Å². The van der Waals surface area contributed by atoms with Gasteiger partial charge in [-0.05, 0) is 36.8 Å². The van der Waals surface area contributed by atoms with Crippen LogP contribution in [0.3, 0.4) is 0 Å². The van der Waals surface area contributed by atoms with Crippen molar-refractivity contribution in [3.8, 4) is 0 Å². The number of amides is 4. The molecule has 0 atom stereocenters. The fraction of sp³-hybridized carbons (Fsp3) is 0.0769. The second-order valence-corrected chi connectivity index (χ2v) is 7.83. The van der Waals surface area contributed by atoms with E-state index in [0.29, 0.717) is 11.4 Å². The Hall–Kier alpha value is -4.72. The van der Waals surface area contributed by atoms with Crippen molar-refractivity contribution in [1.29, 1.82) is 0 Å². The zero-order chi connectivity index (χ0) is 23.7. The number of urea groups is 2. The molecule has 4 aromatic carbocycles. The Morgan fingerprint density at radius 2 is 0.971 bits per heavy atom. The monoisotopic (exact) mass is 450 g/mol. The summed E-state index contributed by atoms with van der Waals surface area (Å²) >= 11 is 0. The lowest BCUT2D eigenvalue weighted by Gasteiger charge is -2.27. The Morgan fingerprint density at radius 3 is 1.41 bits per heavy atom. The maximum Gasteiger partial charge on any atom is 0.348 e. The first-order valence-electron chi connectivity index (χ1n) is 10.8. The lowest BCUT2D eigenvalue weighted by atomic mass is 10.1. The molecule has 0 fully saturated rings. The van der Waals surface area contributed by atoms with Crippen LogP contribution in [0.4, 0.5) is 21.0 Å². The third-order valence-electron chi connectivity index (χ3n) is 5.55. The van der Waals surface area contributed by atoms with E-state index < -0.39 is 12.1 Å². The fourth-order valence-electron chi connectivity index (χ4n) is 3.91. The van der Waals surface area contributed by atoms with Gasteiger partial charge in [0, 0.05) is 10.8 Å². The minimum atomic E-state index is -0.467. The molecule has 34 heavy (non-hydrogen) atoms. The highest BCUT2D eigenvalue weighted by atomic mass is 16.2. The number of fused-ring (bicyclic) bond motifs is 2. The summed E-state index contributed by atoms with van der Waals surface area (Å²) in [6.45, 7) is 3.24. The predicted octanol–water partition coefficient (Wildman–Crippen LogP) is 6.04. The van der Waals surface area contributed by atoms with E-state index in [2.05, 4.69) is 20.8 Å². The molecule has 4 aromatic rings. The van der Waals surface area contributed by atoms with Crippen LogP contribution < -0.4 is 10.6 Å². The maximum absolute atomic E-state index is 13.0. The van der Waals surface area contributed by atoms with Crippen LogP contribution in [0, 0.1) is 0 Å². The molecule has 8 heteroatoms. The molecule has 1 heterocycles. The molecule has 1 aliphatic heterocycles. The highest BCUT2D eigenvalue weighted by Gasteiger charge is 2.27. The van der Waals surface area contributed by atoms with E-state index in [9.17, 15) is 9.59 Å². The van der Waals surface area contributed by atoms with Crippen molar-refractivity contribution >= 4 is 56.7 Å². The number of benzene rings is 4. The molecule has 0 aliphatic carbocycles. The van der Waals surface area contributed by atoms with Crippen molar-refractivity contribution in [1.82, 2.24) is 10.0 Å². The first-order chi connectivity index (χ1) is 16.5. The van der Waals surface area contributed by atoms with Gasteiger partial charge in [0.1, 0.15) is 0 Å². The molecule has 0 saturated carbocycles. The molecule has 0 bridgehead atoms. The molecule has 0 saturated heterocycles. The zero-order valence-corrected chi connectivity index (χ0v) is 18.7. The molecular weight excluding hydrogens is 428 g/mol. The largest absolute Gasteiger partial charge is 0.348 e. The van der Waals surface area contributed by atoms with Gasteiger partial charge in [-0.2, -0.15) is 10.0 Å². The van der Waals surface area contributed by atoms with Gasteiger partial charge in [0.15, 0.2) is 11.7 Å². The van der Waals surface area contributed by atoms with Crippen molar-refractivity contribution in [2.75, 3.05) is 10.6 Å². The Labute approximate surface area is 196 Å². The normalized spacial score (nSPS) is 13.5. The number of hydrogen-bond donors (Lipinski definition) is 2. The number of anilines is 2. The van der Waals surface area contributed by atoms with E-state index in [1.54, 1.807) is 13.8 Å². The quantitative estimate of drug-likeness (QED) is 0.390. The minimum absolute atomic E-state index is 0.261. The molecule has 0 unspecified atom stereocenters. The van der Waals surface area contributed by atoms with Crippen LogP contribution >= 0.6 is 0 Å². The van der Waals surface area contributed by atoms with Gasteiger partial charge in [-0.25, -0.2) is 9.59 Å². The van der Waals surface area contributed by atoms with Crippen molar-refractivity contribution in [2.45, 2.75) is 13.8 Å². The van der Waals surface area contributed by atoms with Gasteiger partial charge in [-0.3, -0.25) is 0 Å². The number of carbonyl (C=O) groups excluding carboxylic acids is 2. The number of nitrogens with zero attached hydrogens (tertiary/aromatic N) is 4. The zero-order valence-electron chi connectivity index (χ0n) is 18.7. The van der Waals surface area contributed by atoms with E-state index in [-0.39, 0.29) is 11.7 Å². The SMILES string of the molecule is CC1=NN(C(=O)Nc2cccc3ccccc23)C(C)=NN1C(=O)Nc1cccc2ccccc12. The van der Waals surface area contributed by atoms with E-state index in [1.807, 2.05) is 84.9 Å². The summed E-state index contributed by atoms with van der Waals surface area (Å²) in [5.74, 6) is 0.521. The van der Waals surface area contributed by atoms with E-state index >= 15 is 0 Å². The van der Waals surface area contributed by atoms with Gasteiger partial charge in [0.2, 0.25) is 0 Å². The molecule has 4 amide bonds. The van der Waals surface area contributed by atoms with Gasteiger partial charge in [-0.1, -0.05) is 72.8 Å². The lowest BCUT2D eigenvalue weighted by Crippen LogP contribution is -2.45. The van der Waals surface area contributed by atoms with E-state index in [1.165, 1.54) is 0 Å². The van der Waals surface area contributed by atoms with Crippen LogP contribution in [0.25, 0.3) is 21.5 Å². The van der Waals surface area contributed by atoms with Crippen LogP contribution in [-0.2, 0) is 0 Å². The van der Waals surface area contributed by atoms with Gasteiger partial charge in [-0.15, -0.1) is 10.2 Å². The minimum Gasteiger partial charge on any atom is -0.305 e. The summed E-state index contributed by atoms with van der Waals surface area (Å²) < 4.78 is 0.